The zero-order valence-electron chi connectivity index (χ0n) is 6.47. The SMILES string of the molecule is O=c1[nH]c(=O)c2[nH]ccc2[nH]1.[Na+]. The van der Waals surface area contributed by atoms with Crippen LogP contribution in [-0.2, 0) is 0 Å². The van der Waals surface area contributed by atoms with E-state index in [0.717, 1.165) is 0 Å². The Hall–Kier alpha value is -0.780. The third-order valence-electron chi connectivity index (χ3n) is 1.45. The summed E-state index contributed by atoms with van der Waals surface area (Å²) >= 11 is 0. The number of hydrogen-bond donors (Lipinski definition) is 3. The Morgan fingerprint density at radius 3 is 2.67 bits per heavy atom. The van der Waals surface area contributed by atoms with Crippen molar-refractivity contribution in [2.45, 2.75) is 0 Å². The fourth-order valence-corrected chi connectivity index (χ4v) is 0.981. The first-order valence-electron chi connectivity index (χ1n) is 3.07. The van der Waals surface area contributed by atoms with Crippen LogP contribution in [0.3, 0.4) is 0 Å². The van der Waals surface area contributed by atoms with Gasteiger partial charge in [0.25, 0.3) is 5.56 Å². The van der Waals surface area contributed by atoms with Crippen LogP contribution in [0.2, 0.25) is 0 Å². The van der Waals surface area contributed by atoms with Crippen molar-refractivity contribution in [3.8, 4) is 0 Å². The molecule has 6 heteroatoms. The molecule has 2 heterocycles. The van der Waals surface area contributed by atoms with Gasteiger partial charge in [-0.3, -0.25) is 9.78 Å². The summed E-state index contributed by atoms with van der Waals surface area (Å²) in [6, 6.07) is 1.63. The monoisotopic (exact) mass is 174 g/mol. The second-order valence-corrected chi connectivity index (χ2v) is 2.17. The number of H-pyrrole nitrogens is 3. The molecule has 2 rings (SSSR count). The van der Waals surface area contributed by atoms with Gasteiger partial charge in [0.15, 0.2) is 0 Å². The Bertz CT molecular complexity index is 495. The van der Waals surface area contributed by atoms with Crippen molar-refractivity contribution in [3.63, 3.8) is 0 Å². The average Bonchev–Trinajstić information content (AvgIpc) is 2.34. The largest absolute Gasteiger partial charge is 1.00 e. The third-order valence-corrected chi connectivity index (χ3v) is 1.45. The molecule has 0 aromatic carbocycles. The van der Waals surface area contributed by atoms with Crippen molar-refractivity contribution in [2.75, 3.05) is 0 Å². The molecule has 0 aliphatic carbocycles. The van der Waals surface area contributed by atoms with Crippen LogP contribution < -0.4 is 40.8 Å². The zero-order chi connectivity index (χ0) is 7.84. The standard InChI is InChI=1S/C6H5N3O2.Na/c10-5-4-3(1-2-7-4)8-6(11)9-5;/h1-2,7H,(H2,8,9,10,11);/q;+1. The molecule has 0 radical (unpaired) electrons. The van der Waals surface area contributed by atoms with Crippen LogP contribution in [0.4, 0.5) is 0 Å². The molecule has 0 fully saturated rings. The van der Waals surface area contributed by atoms with Gasteiger partial charge in [-0.2, -0.15) is 0 Å². The Balaban J connectivity index is 0.000000720. The fraction of sp³-hybridized carbons (Fsp3) is 0. The van der Waals surface area contributed by atoms with E-state index in [1.54, 1.807) is 12.3 Å². The van der Waals surface area contributed by atoms with Crippen LogP contribution in [0.1, 0.15) is 0 Å². The number of aromatic amines is 3. The van der Waals surface area contributed by atoms with Crippen molar-refractivity contribution in [1.82, 2.24) is 15.0 Å². The summed E-state index contributed by atoms with van der Waals surface area (Å²) in [6.07, 6.45) is 1.59. The first-order chi connectivity index (χ1) is 5.27. The summed E-state index contributed by atoms with van der Waals surface area (Å²) in [7, 11) is 0. The van der Waals surface area contributed by atoms with Gasteiger partial charge in [-0.25, -0.2) is 4.79 Å². The van der Waals surface area contributed by atoms with E-state index in [1.165, 1.54) is 0 Å². The molecular formula is C6H5N3NaO2+. The van der Waals surface area contributed by atoms with Crippen molar-refractivity contribution in [3.05, 3.63) is 33.1 Å². The van der Waals surface area contributed by atoms with E-state index in [9.17, 15) is 9.59 Å². The van der Waals surface area contributed by atoms with Gasteiger partial charge in [-0.05, 0) is 6.07 Å². The summed E-state index contributed by atoms with van der Waals surface area (Å²) in [5, 5.41) is 0. The summed E-state index contributed by atoms with van der Waals surface area (Å²) in [4.78, 5) is 28.9. The van der Waals surface area contributed by atoms with Gasteiger partial charge in [-0.15, -0.1) is 0 Å². The second-order valence-electron chi connectivity index (χ2n) is 2.17. The molecule has 2 aromatic heterocycles. The minimum atomic E-state index is -0.484. The quantitative estimate of drug-likeness (QED) is 0.363. The van der Waals surface area contributed by atoms with E-state index in [2.05, 4.69) is 15.0 Å². The maximum Gasteiger partial charge on any atom is 1.00 e. The number of fused-ring (bicyclic) bond motifs is 1. The summed E-state index contributed by atoms with van der Waals surface area (Å²) in [5.74, 6) is 0. The zero-order valence-corrected chi connectivity index (χ0v) is 8.47. The molecule has 0 spiro atoms. The van der Waals surface area contributed by atoms with Gasteiger partial charge in [0.05, 0.1) is 5.52 Å². The van der Waals surface area contributed by atoms with Crippen molar-refractivity contribution >= 4 is 11.0 Å². The topological polar surface area (TPSA) is 81.5 Å². The second kappa shape index (κ2) is 3.30. The van der Waals surface area contributed by atoms with E-state index in [0.29, 0.717) is 11.0 Å². The maximum atomic E-state index is 11.0. The number of nitrogens with one attached hydrogen (secondary N) is 3. The summed E-state index contributed by atoms with van der Waals surface area (Å²) < 4.78 is 0. The Labute approximate surface area is 88.5 Å². The van der Waals surface area contributed by atoms with E-state index < -0.39 is 11.2 Å². The molecular weight excluding hydrogens is 169 g/mol. The molecule has 0 saturated heterocycles. The summed E-state index contributed by atoms with van der Waals surface area (Å²) in [5.41, 5.74) is 0.0409. The molecule has 5 nitrogen and oxygen atoms in total. The molecule has 0 bridgehead atoms. The van der Waals surface area contributed by atoms with Crippen LogP contribution in [0.25, 0.3) is 11.0 Å². The molecule has 0 saturated carbocycles. The molecule has 0 unspecified atom stereocenters. The molecule has 0 aliphatic rings. The molecule has 12 heavy (non-hydrogen) atoms. The number of hydrogen-bond acceptors (Lipinski definition) is 2. The van der Waals surface area contributed by atoms with Crippen molar-refractivity contribution in [1.29, 1.82) is 0 Å². The summed E-state index contributed by atoms with van der Waals surface area (Å²) in [6.45, 7) is 0. The molecule has 0 aliphatic heterocycles. The van der Waals surface area contributed by atoms with Gasteiger partial charge in [0.2, 0.25) is 0 Å². The number of rotatable bonds is 0. The minimum absolute atomic E-state index is 0. The van der Waals surface area contributed by atoms with Gasteiger partial charge in [0, 0.05) is 6.20 Å². The van der Waals surface area contributed by atoms with Crippen LogP contribution in [0.15, 0.2) is 21.9 Å². The maximum absolute atomic E-state index is 11.0. The molecule has 0 amide bonds. The smallest absolute Gasteiger partial charge is 0.355 e. The van der Waals surface area contributed by atoms with Gasteiger partial charge in [0.1, 0.15) is 5.52 Å². The molecule has 56 valence electrons. The van der Waals surface area contributed by atoms with Crippen molar-refractivity contribution in [2.24, 2.45) is 0 Å². The Morgan fingerprint density at radius 2 is 1.92 bits per heavy atom. The van der Waals surface area contributed by atoms with E-state index >= 15 is 0 Å². The normalized spacial score (nSPS) is 9.67. The fourth-order valence-electron chi connectivity index (χ4n) is 0.981. The van der Waals surface area contributed by atoms with Crippen molar-refractivity contribution < 1.29 is 29.6 Å². The Morgan fingerprint density at radius 1 is 1.17 bits per heavy atom. The van der Waals surface area contributed by atoms with Gasteiger partial charge >= 0.3 is 35.2 Å². The van der Waals surface area contributed by atoms with Gasteiger partial charge < -0.3 is 9.97 Å². The van der Waals surface area contributed by atoms with Crippen LogP contribution in [0.5, 0.6) is 0 Å². The van der Waals surface area contributed by atoms with Gasteiger partial charge in [-0.1, -0.05) is 0 Å². The third kappa shape index (κ3) is 1.38. The predicted molar refractivity (Wildman–Crippen MR) is 39.5 cm³/mol. The average molecular weight is 174 g/mol. The Kier molecular flexibility index (Phi) is 2.56. The van der Waals surface area contributed by atoms with E-state index in [1.807, 2.05) is 0 Å². The first kappa shape index (κ1) is 9.31. The minimum Gasteiger partial charge on any atom is -0.355 e. The molecule has 2 aromatic rings. The number of aromatic nitrogens is 3. The van der Waals surface area contributed by atoms with E-state index in [4.69, 9.17) is 0 Å². The van der Waals surface area contributed by atoms with Crippen LogP contribution in [-0.4, -0.2) is 15.0 Å². The molecule has 0 atom stereocenters. The van der Waals surface area contributed by atoms with Crippen LogP contribution in [0, 0.1) is 0 Å². The first-order valence-corrected chi connectivity index (χ1v) is 3.07. The molecule has 3 N–H and O–H groups in total. The van der Waals surface area contributed by atoms with Crippen LogP contribution >= 0.6 is 0 Å². The predicted octanol–water partition coefficient (Wildman–Crippen LogP) is -3.45. The van der Waals surface area contributed by atoms with E-state index in [-0.39, 0.29) is 29.6 Å².